The van der Waals surface area contributed by atoms with E-state index in [1.54, 1.807) is 0 Å². The summed E-state index contributed by atoms with van der Waals surface area (Å²) in [7, 11) is 6.29. The molecule has 0 N–H and O–H groups in total. The van der Waals surface area contributed by atoms with Crippen LogP contribution in [0.15, 0.2) is 12.1 Å². The Morgan fingerprint density at radius 2 is 1.53 bits per heavy atom. The molecule has 0 heterocycles. The smallest absolute Gasteiger partial charge is 0.0899 e. The fourth-order valence-corrected chi connectivity index (χ4v) is 2.37. The standard InChI is InChI=1S/C16H25B/c1-11-8-9-12(10-15(2,3)4)13(14(11)17)16(5,6)7/h8-9H,10H2,1-7H3. The van der Waals surface area contributed by atoms with Crippen LogP contribution in [0, 0.1) is 12.3 Å². The van der Waals surface area contributed by atoms with Crippen LogP contribution in [0.3, 0.4) is 0 Å². The van der Waals surface area contributed by atoms with Crippen LogP contribution in [-0.4, -0.2) is 7.85 Å². The summed E-state index contributed by atoms with van der Waals surface area (Å²) < 4.78 is 0. The molecule has 1 rings (SSSR count). The molecule has 1 aromatic carbocycles. The second kappa shape index (κ2) is 4.51. The average Bonchev–Trinajstić information content (AvgIpc) is 2.06. The van der Waals surface area contributed by atoms with Crippen molar-refractivity contribution in [3.8, 4) is 0 Å². The van der Waals surface area contributed by atoms with E-state index < -0.39 is 0 Å². The SMILES string of the molecule is [B]c1c(C)ccc(CC(C)(C)C)c1C(C)(C)C. The van der Waals surface area contributed by atoms with Gasteiger partial charge in [-0.3, -0.25) is 0 Å². The Hall–Kier alpha value is -0.715. The molecule has 92 valence electrons. The van der Waals surface area contributed by atoms with E-state index in [2.05, 4.69) is 60.6 Å². The van der Waals surface area contributed by atoms with Crippen molar-refractivity contribution in [1.82, 2.24) is 0 Å². The van der Waals surface area contributed by atoms with E-state index in [4.69, 9.17) is 7.85 Å². The van der Waals surface area contributed by atoms with Gasteiger partial charge in [0, 0.05) is 0 Å². The highest BCUT2D eigenvalue weighted by Crippen LogP contribution is 2.29. The zero-order valence-corrected chi connectivity index (χ0v) is 12.4. The Morgan fingerprint density at radius 1 is 1.00 bits per heavy atom. The van der Waals surface area contributed by atoms with E-state index in [0.717, 1.165) is 11.9 Å². The Kier molecular flexibility index (Phi) is 3.81. The fraction of sp³-hybridized carbons (Fsp3) is 0.625. The maximum Gasteiger partial charge on any atom is 0.114 e. The molecule has 0 aliphatic carbocycles. The number of benzene rings is 1. The number of aryl methyl sites for hydroxylation is 1. The van der Waals surface area contributed by atoms with Gasteiger partial charge in [0.1, 0.15) is 7.85 Å². The van der Waals surface area contributed by atoms with Crippen molar-refractivity contribution in [1.29, 1.82) is 0 Å². The Bertz CT molecular complexity index is 403. The highest BCUT2D eigenvalue weighted by atomic mass is 14.3. The molecule has 0 unspecified atom stereocenters. The molecule has 0 aliphatic rings. The summed E-state index contributed by atoms with van der Waals surface area (Å²) in [6.07, 6.45) is 1.07. The summed E-state index contributed by atoms with van der Waals surface area (Å²) in [5, 5.41) is 0. The third-order valence-corrected chi connectivity index (χ3v) is 3.02. The number of hydrogen-bond acceptors (Lipinski definition) is 0. The molecule has 0 bridgehead atoms. The quantitative estimate of drug-likeness (QED) is 0.643. The second-order valence-corrected chi connectivity index (χ2v) is 7.32. The van der Waals surface area contributed by atoms with E-state index in [-0.39, 0.29) is 5.41 Å². The third kappa shape index (κ3) is 3.62. The number of hydrogen-bond donors (Lipinski definition) is 0. The lowest BCUT2D eigenvalue weighted by molar-refractivity contribution is 0.406. The minimum Gasteiger partial charge on any atom is -0.0899 e. The van der Waals surface area contributed by atoms with Crippen LogP contribution in [0.5, 0.6) is 0 Å². The van der Waals surface area contributed by atoms with Crippen molar-refractivity contribution >= 4 is 13.3 Å². The first-order valence-electron chi connectivity index (χ1n) is 6.41. The van der Waals surface area contributed by atoms with Crippen LogP contribution in [0.4, 0.5) is 0 Å². The molecule has 0 atom stereocenters. The maximum atomic E-state index is 6.29. The summed E-state index contributed by atoms with van der Waals surface area (Å²) >= 11 is 0. The van der Waals surface area contributed by atoms with Crippen molar-refractivity contribution in [2.75, 3.05) is 0 Å². The van der Waals surface area contributed by atoms with Crippen LogP contribution in [0.25, 0.3) is 0 Å². The summed E-state index contributed by atoms with van der Waals surface area (Å²) in [4.78, 5) is 0. The minimum atomic E-state index is 0.108. The normalized spacial score (nSPS) is 12.9. The monoisotopic (exact) mass is 228 g/mol. The molecule has 0 amide bonds. The Morgan fingerprint density at radius 3 is 1.94 bits per heavy atom. The molecule has 1 heteroatoms. The van der Waals surface area contributed by atoms with Crippen LogP contribution in [0.2, 0.25) is 0 Å². The van der Waals surface area contributed by atoms with E-state index in [1.807, 2.05) is 0 Å². The molecule has 0 aliphatic heterocycles. The van der Waals surface area contributed by atoms with Crippen molar-refractivity contribution in [3.63, 3.8) is 0 Å². The Labute approximate surface area is 108 Å². The van der Waals surface area contributed by atoms with Gasteiger partial charge in [-0.25, -0.2) is 0 Å². The Balaban J connectivity index is 3.36. The maximum absolute atomic E-state index is 6.29. The van der Waals surface area contributed by atoms with Crippen LogP contribution in [0.1, 0.15) is 58.2 Å². The van der Waals surface area contributed by atoms with Crippen LogP contribution in [-0.2, 0) is 11.8 Å². The molecule has 17 heavy (non-hydrogen) atoms. The zero-order valence-electron chi connectivity index (χ0n) is 12.4. The molecule has 1 aromatic rings. The molecule has 0 nitrogen and oxygen atoms in total. The van der Waals surface area contributed by atoms with Crippen LogP contribution < -0.4 is 5.46 Å². The van der Waals surface area contributed by atoms with Gasteiger partial charge in [-0.2, -0.15) is 0 Å². The predicted octanol–water partition coefficient (Wildman–Crippen LogP) is 3.67. The van der Waals surface area contributed by atoms with Crippen LogP contribution >= 0.6 is 0 Å². The van der Waals surface area contributed by atoms with Gasteiger partial charge in [0.15, 0.2) is 0 Å². The summed E-state index contributed by atoms with van der Waals surface area (Å²) in [6, 6.07) is 4.39. The molecule has 0 aromatic heterocycles. The predicted molar refractivity (Wildman–Crippen MR) is 78.4 cm³/mol. The van der Waals surface area contributed by atoms with Gasteiger partial charge in [0.25, 0.3) is 0 Å². The molecular weight excluding hydrogens is 203 g/mol. The van der Waals surface area contributed by atoms with E-state index in [9.17, 15) is 0 Å². The van der Waals surface area contributed by atoms with Crippen molar-refractivity contribution in [2.45, 2.75) is 60.3 Å². The largest absolute Gasteiger partial charge is 0.114 e. The van der Waals surface area contributed by atoms with Gasteiger partial charge >= 0.3 is 0 Å². The first kappa shape index (κ1) is 14.3. The van der Waals surface area contributed by atoms with Gasteiger partial charge < -0.3 is 0 Å². The van der Waals surface area contributed by atoms with E-state index in [0.29, 0.717) is 5.41 Å². The summed E-state index contributed by atoms with van der Waals surface area (Å²) in [5.74, 6) is 0. The van der Waals surface area contributed by atoms with Gasteiger partial charge in [0.2, 0.25) is 0 Å². The summed E-state index contributed by atoms with van der Waals surface area (Å²) in [5.41, 5.74) is 5.28. The van der Waals surface area contributed by atoms with E-state index in [1.165, 1.54) is 16.7 Å². The molecule has 0 fully saturated rings. The summed E-state index contributed by atoms with van der Waals surface area (Å²) in [6.45, 7) is 15.6. The lowest BCUT2D eigenvalue weighted by Gasteiger charge is -2.30. The minimum absolute atomic E-state index is 0.108. The fourth-order valence-electron chi connectivity index (χ4n) is 2.37. The van der Waals surface area contributed by atoms with Gasteiger partial charge in [-0.1, -0.05) is 64.7 Å². The topological polar surface area (TPSA) is 0 Å². The zero-order chi connectivity index (χ0) is 13.4. The third-order valence-electron chi connectivity index (χ3n) is 3.02. The molecular formula is C16H25B. The average molecular weight is 228 g/mol. The molecule has 0 saturated carbocycles. The number of rotatable bonds is 1. The van der Waals surface area contributed by atoms with E-state index >= 15 is 0 Å². The van der Waals surface area contributed by atoms with Crippen molar-refractivity contribution in [2.24, 2.45) is 5.41 Å². The molecule has 2 radical (unpaired) electrons. The van der Waals surface area contributed by atoms with Crippen molar-refractivity contribution in [3.05, 3.63) is 28.8 Å². The second-order valence-electron chi connectivity index (χ2n) is 7.32. The van der Waals surface area contributed by atoms with Crippen molar-refractivity contribution < 1.29 is 0 Å². The molecule has 0 spiro atoms. The first-order valence-corrected chi connectivity index (χ1v) is 6.41. The van der Waals surface area contributed by atoms with Gasteiger partial charge in [-0.15, -0.1) is 0 Å². The molecule has 0 saturated heterocycles. The van der Waals surface area contributed by atoms with Gasteiger partial charge in [0.05, 0.1) is 0 Å². The highest BCUT2D eigenvalue weighted by molar-refractivity contribution is 6.34. The lowest BCUT2D eigenvalue weighted by atomic mass is 9.71. The first-order chi connectivity index (χ1) is 7.52. The lowest BCUT2D eigenvalue weighted by Crippen LogP contribution is -2.28. The highest BCUT2D eigenvalue weighted by Gasteiger charge is 2.23. The van der Waals surface area contributed by atoms with Gasteiger partial charge in [-0.05, 0) is 35.3 Å².